The Hall–Kier alpha value is -0.0500. The first kappa shape index (κ1) is 12.4. The molecular formula is C13H20ClNS. The average molecular weight is 258 g/mol. The van der Waals surface area contributed by atoms with Crippen molar-refractivity contribution in [2.75, 3.05) is 0 Å². The van der Waals surface area contributed by atoms with Gasteiger partial charge in [0, 0.05) is 22.8 Å². The molecule has 0 aromatic carbocycles. The third kappa shape index (κ3) is 3.47. The number of hydrogen-bond acceptors (Lipinski definition) is 2. The molecule has 0 spiro atoms. The summed E-state index contributed by atoms with van der Waals surface area (Å²) in [7, 11) is 0. The second kappa shape index (κ2) is 5.07. The number of rotatable bonds is 3. The van der Waals surface area contributed by atoms with E-state index in [1.807, 2.05) is 5.38 Å². The summed E-state index contributed by atoms with van der Waals surface area (Å²) in [6.07, 6.45) is 5.35. The van der Waals surface area contributed by atoms with Gasteiger partial charge in [0.25, 0.3) is 0 Å². The minimum atomic E-state index is 0.517. The van der Waals surface area contributed by atoms with Gasteiger partial charge in [0.15, 0.2) is 0 Å². The summed E-state index contributed by atoms with van der Waals surface area (Å²) in [6.45, 7) is 5.73. The number of halogens is 1. The maximum absolute atomic E-state index is 5.91. The second-order valence-electron chi connectivity index (χ2n) is 5.57. The standard InChI is InChI=1S/C13H20ClNS/c1-13(2)5-3-4-11(7-13)15-8-12-6-10(14)9-16-12/h6,9,11,15H,3-5,7-8H2,1-2H3. The molecule has 1 aromatic rings. The molecular weight excluding hydrogens is 238 g/mol. The van der Waals surface area contributed by atoms with E-state index in [-0.39, 0.29) is 0 Å². The maximum Gasteiger partial charge on any atom is 0.0516 e. The van der Waals surface area contributed by atoms with Crippen molar-refractivity contribution in [2.24, 2.45) is 5.41 Å². The van der Waals surface area contributed by atoms with Crippen molar-refractivity contribution in [1.29, 1.82) is 0 Å². The zero-order valence-corrected chi connectivity index (χ0v) is 11.6. The van der Waals surface area contributed by atoms with Crippen molar-refractivity contribution >= 4 is 22.9 Å². The van der Waals surface area contributed by atoms with Crippen LogP contribution in [0.1, 0.15) is 44.4 Å². The third-order valence-electron chi connectivity index (χ3n) is 3.39. The molecule has 2 rings (SSSR count). The Balaban J connectivity index is 1.82. The van der Waals surface area contributed by atoms with Gasteiger partial charge < -0.3 is 5.32 Å². The summed E-state index contributed by atoms with van der Waals surface area (Å²) in [5.41, 5.74) is 0.517. The first-order chi connectivity index (χ1) is 7.55. The van der Waals surface area contributed by atoms with E-state index in [2.05, 4.69) is 25.2 Å². The van der Waals surface area contributed by atoms with E-state index in [0.717, 1.165) is 11.6 Å². The van der Waals surface area contributed by atoms with Gasteiger partial charge in [-0.15, -0.1) is 11.3 Å². The molecule has 1 aliphatic rings. The van der Waals surface area contributed by atoms with E-state index in [9.17, 15) is 0 Å². The lowest BCUT2D eigenvalue weighted by molar-refractivity contribution is 0.198. The minimum Gasteiger partial charge on any atom is -0.309 e. The van der Waals surface area contributed by atoms with Gasteiger partial charge >= 0.3 is 0 Å². The highest BCUT2D eigenvalue weighted by Crippen LogP contribution is 2.35. The van der Waals surface area contributed by atoms with Gasteiger partial charge in [-0.05, 0) is 30.7 Å². The highest BCUT2D eigenvalue weighted by atomic mass is 35.5. The van der Waals surface area contributed by atoms with Crippen LogP contribution in [0.4, 0.5) is 0 Å². The fourth-order valence-corrected chi connectivity index (χ4v) is 3.59. The van der Waals surface area contributed by atoms with E-state index in [0.29, 0.717) is 11.5 Å². The summed E-state index contributed by atoms with van der Waals surface area (Å²) in [4.78, 5) is 1.34. The maximum atomic E-state index is 5.91. The molecule has 1 heterocycles. The lowest BCUT2D eigenvalue weighted by Gasteiger charge is -2.35. The topological polar surface area (TPSA) is 12.0 Å². The lowest BCUT2D eigenvalue weighted by atomic mass is 9.75. The largest absolute Gasteiger partial charge is 0.309 e. The van der Waals surface area contributed by atoms with Gasteiger partial charge in [-0.3, -0.25) is 0 Å². The number of nitrogens with one attached hydrogen (secondary N) is 1. The summed E-state index contributed by atoms with van der Waals surface area (Å²) < 4.78 is 0. The Bertz CT molecular complexity index is 345. The van der Waals surface area contributed by atoms with Crippen LogP contribution in [0.5, 0.6) is 0 Å². The summed E-state index contributed by atoms with van der Waals surface area (Å²) in [6, 6.07) is 2.75. The van der Waals surface area contributed by atoms with Gasteiger partial charge in [-0.2, -0.15) is 0 Å². The van der Waals surface area contributed by atoms with Crippen LogP contribution in [0.2, 0.25) is 5.02 Å². The Labute approximate surface area is 107 Å². The van der Waals surface area contributed by atoms with Gasteiger partial charge in [-0.1, -0.05) is 31.9 Å². The van der Waals surface area contributed by atoms with E-state index >= 15 is 0 Å². The molecule has 0 radical (unpaired) electrons. The van der Waals surface area contributed by atoms with Crippen LogP contribution < -0.4 is 5.32 Å². The van der Waals surface area contributed by atoms with Gasteiger partial charge in [0.05, 0.1) is 5.02 Å². The van der Waals surface area contributed by atoms with Crippen LogP contribution in [-0.4, -0.2) is 6.04 Å². The first-order valence-electron chi connectivity index (χ1n) is 6.01. The van der Waals surface area contributed by atoms with E-state index < -0.39 is 0 Å². The van der Waals surface area contributed by atoms with Crippen LogP contribution in [-0.2, 0) is 6.54 Å². The molecule has 1 unspecified atom stereocenters. The average Bonchev–Trinajstić information content (AvgIpc) is 2.60. The van der Waals surface area contributed by atoms with Crippen molar-refractivity contribution < 1.29 is 0 Å². The highest BCUT2D eigenvalue weighted by Gasteiger charge is 2.27. The molecule has 1 saturated carbocycles. The summed E-state index contributed by atoms with van der Waals surface area (Å²) >= 11 is 7.65. The SMILES string of the molecule is CC1(C)CCCC(NCc2cc(Cl)cs2)C1. The zero-order valence-electron chi connectivity index (χ0n) is 10.1. The molecule has 0 bridgehead atoms. The lowest BCUT2D eigenvalue weighted by Crippen LogP contribution is -2.36. The summed E-state index contributed by atoms with van der Waals surface area (Å²) in [5, 5.41) is 6.53. The molecule has 1 N–H and O–H groups in total. The van der Waals surface area contributed by atoms with Crippen LogP contribution in [0.15, 0.2) is 11.4 Å². The van der Waals surface area contributed by atoms with E-state index in [1.165, 1.54) is 30.6 Å². The monoisotopic (exact) mass is 257 g/mol. The minimum absolute atomic E-state index is 0.517. The predicted octanol–water partition coefficient (Wildman–Crippen LogP) is 4.46. The fraction of sp³-hybridized carbons (Fsp3) is 0.692. The quantitative estimate of drug-likeness (QED) is 0.843. The fourth-order valence-electron chi connectivity index (χ4n) is 2.56. The van der Waals surface area contributed by atoms with Gasteiger partial charge in [-0.25, -0.2) is 0 Å². The highest BCUT2D eigenvalue weighted by molar-refractivity contribution is 7.10. The van der Waals surface area contributed by atoms with Crippen molar-refractivity contribution in [1.82, 2.24) is 5.32 Å². The number of hydrogen-bond donors (Lipinski definition) is 1. The smallest absolute Gasteiger partial charge is 0.0516 e. The molecule has 1 aliphatic carbocycles. The van der Waals surface area contributed by atoms with E-state index in [4.69, 9.17) is 11.6 Å². The second-order valence-corrected chi connectivity index (χ2v) is 7.00. The third-order valence-corrected chi connectivity index (χ3v) is 4.68. The van der Waals surface area contributed by atoms with Crippen LogP contribution in [0, 0.1) is 5.41 Å². The molecule has 3 heteroatoms. The van der Waals surface area contributed by atoms with Crippen LogP contribution >= 0.6 is 22.9 Å². The van der Waals surface area contributed by atoms with Crippen molar-refractivity contribution in [3.8, 4) is 0 Å². The molecule has 0 amide bonds. The Morgan fingerprint density at radius 2 is 2.38 bits per heavy atom. The molecule has 16 heavy (non-hydrogen) atoms. The first-order valence-corrected chi connectivity index (χ1v) is 7.27. The van der Waals surface area contributed by atoms with Crippen molar-refractivity contribution in [3.63, 3.8) is 0 Å². The Morgan fingerprint density at radius 3 is 3.00 bits per heavy atom. The molecule has 1 atom stereocenters. The predicted molar refractivity (Wildman–Crippen MR) is 72.2 cm³/mol. The van der Waals surface area contributed by atoms with Gasteiger partial charge in [0.2, 0.25) is 0 Å². The Morgan fingerprint density at radius 1 is 1.56 bits per heavy atom. The van der Waals surface area contributed by atoms with E-state index in [1.54, 1.807) is 11.3 Å². The van der Waals surface area contributed by atoms with Crippen LogP contribution in [0.3, 0.4) is 0 Å². The Kier molecular flexibility index (Phi) is 3.93. The van der Waals surface area contributed by atoms with Gasteiger partial charge in [0.1, 0.15) is 0 Å². The van der Waals surface area contributed by atoms with Crippen molar-refractivity contribution in [2.45, 2.75) is 52.1 Å². The molecule has 1 fully saturated rings. The van der Waals surface area contributed by atoms with Crippen LogP contribution in [0.25, 0.3) is 0 Å². The zero-order chi connectivity index (χ0) is 11.6. The molecule has 0 saturated heterocycles. The number of thiophene rings is 1. The molecule has 0 aliphatic heterocycles. The molecule has 1 nitrogen and oxygen atoms in total. The molecule has 1 aromatic heterocycles. The van der Waals surface area contributed by atoms with Crippen molar-refractivity contribution in [3.05, 3.63) is 21.3 Å². The molecule has 90 valence electrons. The summed E-state index contributed by atoms with van der Waals surface area (Å²) in [5.74, 6) is 0. The normalized spacial score (nSPS) is 24.6.